The molecule has 1 heterocycles. The van der Waals surface area contributed by atoms with Crippen LogP contribution in [-0.4, -0.2) is 28.5 Å². The van der Waals surface area contributed by atoms with E-state index in [0.29, 0.717) is 0 Å². The zero-order chi connectivity index (χ0) is 18.0. The fourth-order valence-electron chi connectivity index (χ4n) is 2.88. The van der Waals surface area contributed by atoms with Crippen molar-refractivity contribution >= 4 is 23.3 Å². The van der Waals surface area contributed by atoms with E-state index in [1.807, 2.05) is 30.3 Å². The predicted octanol–water partition coefficient (Wildman–Crippen LogP) is 2.38. The Kier molecular flexibility index (Phi) is 4.61. The van der Waals surface area contributed by atoms with Gasteiger partial charge in [0.25, 0.3) is 0 Å². The van der Waals surface area contributed by atoms with E-state index in [9.17, 15) is 18.8 Å². The Morgan fingerprint density at radius 3 is 2.40 bits per heavy atom. The quantitative estimate of drug-likeness (QED) is 0.869. The molecule has 2 amide bonds. The summed E-state index contributed by atoms with van der Waals surface area (Å²) in [4.78, 5) is 38.8. The average Bonchev–Trinajstić information content (AvgIpc) is 2.81. The van der Waals surface area contributed by atoms with Gasteiger partial charge in [0.2, 0.25) is 11.8 Å². The molecule has 2 aromatic rings. The van der Waals surface area contributed by atoms with Crippen molar-refractivity contribution in [2.45, 2.75) is 19.5 Å². The maximum absolute atomic E-state index is 13.7. The van der Waals surface area contributed by atoms with Crippen LogP contribution >= 0.6 is 0 Å². The topological polar surface area (TPSA) is 66.5 Å². The summed E-state index contributed by atoms with van der Waals surface area (Å²) in [6.07, 6.45) is 0. The van der Waals surface area contributed by atoms with Crippen LogP contribution in [0.25, 0.3) is 0 Å². The number of likely N-dealkylation sites (tertiary alicyclic amines) is 1. The molecule has 1 saturated heterocycles. The third-order valence-electron chi connectivity index (χ3n) is 4.28. The van der Waals surface area contributed by atoms with Crippen molar-refractivity contribution in [3.63, 3.8) is 0 Å². The largest absolute Gasteiger partial charge is 0.327 e. The van der Waals surface area contributed by atoms with Crippen LogP contribution in [0.5, 0.6) is 0 Å². The van der Waals surface area contributed by atoms with E-state index in [2.05, 4.69) is 5.32 Å². The minimum Gasteiger partial charge on any atom is -0.327 e. The fraction of sp³-hybridized carbons (Fsp3) is 0.211. The summed E-state index contributed by atoms with van der Waals surface area (Å²) in [5.74, 6) is -3.91. The first-order valence-corrected chi connectivity index (χ1v) is 7.92. The van der Waals surface area contributed by atoms with Gasteiger partial charge in [0, 0.05) is 6.54 Å². The zero-order valence-electron chi connectivity index (χ0n) is 13.6. The maximum Gasteiger partial charge on any atom is 0.244 e. The van der Waals surface area contributed by atoms with E-state index in [1.54, 1.807) is 13.0 Å². The van der Waals surface area contributed by atoms with Crippen LogP contribution in [0.2, 0.25) is 0 Å². The van der Waals surface area contributed by atoms with Crippen molar-refractivity contribution in [1.29, 1.82) is 0 Å². The minimum atomic E-state index is -1.45. The molecular weight excluding hydrogens is 323 g/mol. The summed E-state index contributed by atoms with van der Waals surface area (Å²) in [6, 6.07) is 14.1. The first-order valence-electron chi connectivity index (χ1n) is 7.92. The number of rotatable bonds is 4. The van der Waals surface area contributed by atoms with Crippen LogP contribution in [0.3, 0.4) is 0 Å². The summed E-state index contributed by atoms with van der Waals surface area (Å²) in [7, 11) is 0. The van der Waals surface area contributed by atoms with E-state index in [1.165, 1.54) is 23.1 Å². The highest BCUT2D eigenvalue weighted by Crippen LogP contribution is 2.25. The van der Waals surface area contributed by atoms with Gasteiger partial charge in [0.15, 0.2) is 11.7 Å². The van der Waals surface area contributed by atoms with Crippen molar-refractivity contribution in [3.05, 3.63) is 66.0 Å². The zero-order valence-corrected chi connectivity index (χ0v) is 13.6. The lowest BCUT2D eigenvalue weighted by atomic mass is 10.0. The maximum atomic E-state index is 13.7. The van der Waals surface area contributed by atoms with Crippen LogP contribution in [0, 0.1) is 11.7 Å². The summed E-state index contributed by atoms with van der Waals surface area (Å²) in [5, 5.41) is 2.34. The lowest BCUT2D eigenvalue weighted by Crippen LogP contribution is -2.34. The van der Waals surface area contributed by atoms with Crippen molar-refractivity contribution in [1.82, 2.24) is 4.90 Å². The van der Waals surface area contributed by atoms with Gasteiger partial charge in [-0.25, -0.2) is 4.39 Å². The highest BCUT2D eigenvalue weighted by Gasteiger charge is 2.48. The van der Waals surface area contributed by atoms with E-state index in [-0.39, 0.29) is 12.2 Å². The van der Waals surface area contributed by atoms with Crippen LogP contribution in [0.15, 0.2) is 54.6 Å². The van der Waals surface area contributed by atoms with Gasteiger partial charge in [-0.05, 0) is 24.6 Å². The second kappa shape index (κ2) is 6.84. The number of hydrogen-bond acceptors (Lipinski definition) is 3. The number of para-hydroxylation sites is 1. The Labute approximate surface area is 144 Å². The Morgan fingerprint density at radius 1 is 1.08 bits per heavy atom. The SMILES string of the molecule is C[C@@H]1C(=O)[C@H](C(=O)Nc2ccccc2F)C(=O)N1Cc1ccccc1. The highest BCUT2D eigenvalue weighted by molar-refractivity contribution is 6.26. The van der Waals surface area contributed by atoms with Crippen molar-refractivity contribution in [2.75, 3.05) is 5.32 Å². The number of halogens is 1. The smallest absolute Gasteiger partial charge is 0.244 e. The van der Waals surface area contributed by atoms with Crippen molar-refractivity contribution in [3.8, 4) is 0 Å². The number of ketones is 1. The Balaban J connectivity index is 1.78. The first-order chi connectivity index (χ1) is 12.0. The number of Topliss-reactive ketones (excluding diaryl/α,β-unsaturated/α-hetero) is 1. The molecule has 128 valence electrons. The predicted molar refractivity (Wildman–Crippen MR) is 90.0 cm³/mol. The van der Waals surface area contributed by atoms with Crippen LogP contribution in [0.4, 0.5) is 10.1 Å². The number of anilines is 1. The molecule has 2 aromatic carbocycles. The van der Waals surface area contributed by atoms with Gasteiger partial charge in [-0.2, -0.15) is 0 Å². The molecule has 1 fully saturated rings. The van der Waals surface area contributed by atoms with Gasteiger partial charge >= 0.3 is 0 Å². The molecule has 5 nitrogen and oxygen atoms in total. The van der Waals surface area contributed by atoms with Gasteiger partial charge < -0.3 is 10.2 Å². The molecule has 3 rings (SSSR count). The lowest BCUT2D eigenvalue weighted by molar-refractivity contribution is -0.138. The summed E-state index contributed by atoms with van der Waals surface area (Å²) >= 11 is 0. The second-order valence-electron chi connectivity index (χ2n) is 5.93. The third kappa shape index (κ3) is 3.28. The van der Waals surface area contributed by atoms with E-state index in [0.717, 1.165) is 5.56 Å². The van der Waals surface area contributed by atoms with Crippen molar-refractivity contribution in [2.24, 2.45) is 5.92 Å². The third-order valence-corrected chi connectivity index (χ3v) is 4.28. The second-order valence-corrected chi connectivity index (χ2v) is 5.93. The minimum absolute atomic E-state index is 0.0535. The molecule has 0 unspecified atom stereocenters. The van der Waals surface area contributed by atoms with Gasteiger partial charge in [0.05, 0.1) is 11.7 Å². The van der Waals surface area contributed by atoms with Gasteiger partial charge in [-0.1, -0.05) is 42.5 Å². The summed E-state index contributed by atoms with van der Waals surface area (Å²) < 4.78 is 13.7. The first kappa shape index (κ1) is 16.8. The highest BCUT2D eigenvalue weighted by atomic mass is 19.1. The fourth-order valence-corrected chi connectivity index (χ4v) is 2.88. The molecule has 1 aliphatic rings. The monoisotopic (exact) mass is 340 g/mol. The van der Waals surface area contributed by atoms with Crippen LogP contribution in [0.1, 0.15) is 12.5 Å². The Hall–Kier alpha value is -3.02. The lowest BCUT2D eigenvalue weighted by Gasteiger charge is -2.20. The molecule has 0 spiro atoms. The summed E-state index contributed by atoms with van der Waals surface area (Å²) in [5.41, 5.74) is 0.813. The number of benzene rings is 2. The number of nitrogens with one attached hydrogen (secondary N) is 1. The molecule has 1 aliphatic heterocycles. The van der Waals surface area contributed by atoms with Crippen molar-refractivity contribution < 1.29 is 18.8 Å². The van der Waals surface area contributed by atoms with E-state index in [4.69, 9.17) is 0 Å². The number of nitrogens with zero attached hydrogens (tertiary/aromatic N) is 1. The van der Waals surface area contributed by atoms with E-state index >= 15 is 0 Å². The molecule has 0 aromatic heterocycles. The Morgan fingerprint density at radius 2 is 1.72 bits per heavy atom. The number of carbonyl (C=O) groups is 3. The van der Waals surface area contributed by atoms with Gasteiger partial charge in [-0.3, -0.25) is 14.4 Å². The molecule has 6 heteroatoms. The normalized spacial score (nSPS) is 20.0. The summed E-state index contributed by atoms with van der Waals surface area (Å²) in [6.45, 7) is 1.84. The van der Waals surface area contributed by atoms with Gasteiger partial charge in [0.1, 0.15) is 5.82 Å². The van der Waals surface area contributed by atoms with Crippen LogP contribution in [-0.2, 0) is 20.9 Å². The molecule has 2 atom stereocenters. The van der Waals surface area contributed by atoms with E-state index < -0.39 is 35.4 Å². The van der Waals surface area contributed by atoms with Crippen LogP contribution < -0.4 is 5.32 Å². The van der Waals surface area contributed by atoms with Gasteiger partial charge in [-0.15, -0.1) is 0 Å². The number of amides is 2. The molecule has 0 bridgehead atoms. The number of hydrogen-bond donors (Lipinski definition) is 1. The molecule has 0 saturated carbocycles. The Bertz CT molecular complexity index is 822. The number of carbonyl (C=O) groups excluding carboxylic acids is 3. The molecular formula is C19H17FN2O3. The molecule has 25 heavy (non-hydrogen) atoms. The molecule has 0 aliphatic carbocycles. The average molecular weight is 340 g/mol. The molecule has 0 radical (unpaired) electrons. The standard InChI is InChI=1S/C19H17FN2O3/c1-12-17(23)16(18(24)21-15-10-6-5-9-14(15)20)19(25)22(12)11-13-7-3-2-4-8-13/h2-10,12,16H,11H2,1H3,(H,21,24)/t12-,16-/m1/s1. The molecule has 1 N–H and O–H groups in total.